The van der Waals surface area contributed by atoms with Crippen molar-refractivity contribution in [1.82, 2.24) is 0 Å². The number of non-ortho nitro benzene ring substituents is 1. The number of rotatable bonds is 4. The van der Waals surface area contributed by atoms with E-state index >= 15 is 0 Å². The second-order valence-corrected chi connectivity index (χ2v) is 5.81. The summed E-state index contributed by atoms with van der Waals surface area (Å²) >= 11 is 12.1. The summed E-state index contributed by atoms with van der Waals surface area (Å²) in [6.07, 6.45) is 0. The van der Waals surface area contributed by atoms with Gasteiger partial charge in [-0.25, -0.2) is 0 Å². The molecule has 3 aromatic rings. The highest BCUT2D eigenvalue weighted by Gasteiger charge is 2.15. The number of anilines is 1. The molecule has 0 fully saturated rings. The summed E-state index contributed by atoms with van der Waals surface area (Å²) in [7, 11) is 0. The molecule has 1 aromatic heterocycles. The molecule has 0 spiro atoms. The molecular weight excluding hydrogens is 367 g/mol. The van der Waals surface area contributed by atoms with Crippen LogP contribution in [-0.4, -0.2) is 10.8 Å². The summed E-state index contributed by atoms with van der Waals surface area (Å²) in [6, 6.07) is 13.7. The van der Waals surface area contributed by atoms with E-state index in [1.54, 1.807) is 24.3 Å². The minimum absolute atomic E-state index is 0.0612. The second-order valence-electron chi connectivity index (χ2n) is 5.02. The number of carbonyl (C=O) groups excluding carboxylic acids is 1. The zero-order valence-electron chi connectivity index (χ0n) is 12.5. The van der Waals surface area contributed by atoms with Crippen molar-refractivity contribution >= 4 is 40.5 Å². The Morgan fingerprint density at radius 2 is 1.76 bits per heavy atom. The summed E-state index contributed by atoms with van der Waals surface area (Å²) in [4.78, 5) is 22.3. The number of nitro benzene ring substituents is 1. The Kier molecular flexibility index (Phi) is 4.74. The van der Waals surface area contributed by atoms with Crippen LogP contribution in [-0.2, 0) is 0 Å². The van der Waals surface area contributed by atoms with Crippen LogP contribution in [0.1, 0.15) is 10.6 Å². The first kappa shape index (κ1) is 17.0. The largest absolute Gasteiger partial charge is 0.451 e. The minimum Gasteiger partial charge on any atom is -0.451 e. The standard InChI is InChI=1S/C17H10Cl2N2O4/c18-13-3-1-2-12(16(13)19)14-8-9-15(25-14)17(22)20-10-4-6-11(7-5-10)21(23)24/h1-9H,(H,20,22). The smallest absolute Gasteiger partial charge is 0.291 e. The van der Waals surface area contributed by atoms with Crippen molar-refractivity contribution < 1.29 is 14.1 Å². The number of carbonyl (C=O) groups is 1. The Bertz CT molecular complexity index is 952. The van der Waals surface area contributed by atoms with Gasteiger partial charge in [0.15, 0.2) is 5.76 Å². The molecule has 126 valence electrons. The third-order valence-corrected chi connectivity index (χ3v) is 4.20. The monoisotopic (exact) mass is 376 g/mol. The van der Waals surface area contributed by atoms with E-state index in [0.717, 1.165) is 0 Å². The van der Waals surface area contributed by atoms with Crippen molar-refractivity contribution in [2.24, 2.45) is 0 Å². The number of nitro groups is 1. The molecule has 0 aliphatic carbocycles. The van der Waals surface area contributed by atoms with Gasteiger partial charge >= 0.3 is 0 Å². The fraction of sp³-hybridized carbons (Fsp3) is 0. The van der Waals surface area contributed by atoms with E-state index in [1.807, 2.05) is 0 Å². The average Bonchev–Trinajstić information content (AvgIpc) is 3.08. The Balaban J connectivity index is 1.79. The van der Waals surface area contributed by atoms with Crippen molar-refractivity contribution in [2.45, 2.75) is 0 Å². The number of halogens is 2. The van der Waals surface area contributed by atoms with E-state index in [0.29, 0.717) is 27.1 Å². The maximum Gasteiger partial charge on any atom is 0.291 e. The number of nitrogens with zero attached hydrogens (tertiary/aromatic N) is 1. The van der Waals surface area contributed by atoms with Crippen LogP contribution in [0.5, 0.6) is 0 Å². The fourth-order valence-electron chi connectivity index (χ4n) is 2.16. The highest BCUT2D eigenvalue weighted by atomic mass is 35.5. The third kappa shape index (κ3) is 3.65. The van der Waals surface area contributed by atoms with Crippen LogP contribution in [0, 0.1) is 10.1 Å². The van der Waals surface area contributed by atoms with E-state index in [4.69, 9.17) is 27.6 Å². The first-order valence-electron chi connectivity index (χ1n) is 7.06. The van der Waals surface area contributed by atoms with E-state index in [2.05, 4.69) is 5.32 Å². The quantitative estimate of drug-likeness (QED) is 0.486. The van der Waals surface area contributed by atoms with Gasteiger partial charge in [0.2, 0.25) is 0 Å². The molecule has 0 saturated heterocycles. The van der Waals surface area contributed by atoms with Crippen LogP contribution in [0.4, 0.5) is 11.4 Å². The van der Waals surface area contributed by atoms with Gasteiger partial charge in [0.1, 0.15) is 5.76 Å². The lowest BCUT2D eigenvalue weighted by Crippen LogP contribution is -2.10. The zero-order valence-corrected chi connectivity index (χ0v) is 14.0. The summed E-state index contributed by atoms with van der Waals surface area (Å²) < 4.78 is 5.54. The topological polar surface area (TPSA) is 85.4 Å². The van der Waals surface area contributed by atoms with Gasteiger partial charge in [-0.2, -0.15) is 0 Å². The maximum absolute atomic E-state index is 12.2. The summed E-state index contributed by atoms with van der Waals surface area (Å²) in [5.74, 6) is -0.0102. The SMILES string of the molecule is O=C(Nc1ccc([N+](=O)[O-])cc1)c1ccc(-c2cccc(Cl)c2Cl)o1. The number of nitrogens with one attached hydrogen (secondary N) is 1. The second kappa shape index (κ2) is 6.96. The first-order chi connectivity index (χ1) is 12.0. The van der Waals surface area contributed by atoms with Gasteiger partial charge < -0.3 is 9.73 Å². The predicted molar refractivity (Wildman–Crippen MR) is 95.2 cm³/mol. The van der Waals surface area contributed by atoms with Gasteiger partial charge in [-0.15, -0.1) is 0 Å². The molecule has 0 saturated carbocycles. The molecule has 6 nitrogen and oxygen atoms in total. The normalized spacial score (nSPS) is 10.5. The molecule has 0 atom stereocenters. The van der Waals surface area contributed by atoms with Gasteiger partial charge in [-0.3, -0.25) is 14.9 Å². The highest BCUT2D eigenvalue weighted by molar-refractivity contribution is 6.43. The van der Waals surface area contributed by atoms with Crippen molar-refractivity contribution in [2.75, 3.05) is 5.32 Å². The van der Waals surface area contributed by atoms with E-state index in [-0.39, 0.29) is 11.4 Å². The summed E-state index contributed by atoms with van der Waals surface area (Å²) in [6.45, 7) is 0. The van der Waals surface area contributed by atoms with Gasteiger partial charge in [-0.1, -0.05) is 29.3 Å². The molecule has 25 heavy (non-hydrogen) atoms. The average molecular weight is 377 g/mol. The van der Waals surface area contributed by atoms with Gasteiger partial charge in [0.05, 0.1) is 15.0 Å². The van der Waals surface area contributed by atoms with Gasteiger partial charge in [0.25, 0.3) is 11.6 Å². The van der Waals surface area contributed by atoms with E-state index < -0.39 is 10.8 Å². The van der Waals surface area contributed by atoms with E-state index in [9.17, 15) is 14.9 Å². The lowest BCUT2D eigenvalue weighted by Gasteiger charge is -2.04. The lowest BCUT2D eigenvalue weighted by atomic mass is 10.2. The molecule has 0 aliphatic rings. The Labute approximate surface area is 152 Å². The summed E-state index contributed by atoms with van der Waals surface area (Å²) in [5, 5.41) is 13.9. The maximum atomic E-state index is 12.2. The van der Waals surface area contributed by atoms with Crippen LogP contribution in [0.3, 0.4) is 0 Å². The first-order valence-corrected chi connectivity index (χ1v) is 7.81. The molecule has 1 amide bonds. The number of amides is 1. The molecule has 3 rings (SSSR count). The molecule has 0 aliphatic heterocycles. The molecule has 0 bridgehead atoms. The Morgan fingerprint density at radius 1 is 1.04 bits per heavy atom. The van der Waals surface area contributed by atoms with Crippen molar-refractivity contribution in [3.05, 3.63) is 80.5 Å². The number of hydrogen-bond donors (Lipinski definition) is 1. The Morgan fingerprint density at radius 3 is 2.44 bits per heavy atom. The molecule has 0 unspecified atom stereocenters. The van der Waals surface area contributed by atoms with Crippen LogP contribution in [0.15, 0.2) is 59.0 Å². The molecule has 2 aromatic carbocycles. The fourth-order valence-corrected chi connectivity index (χ4v) is 2.55. The van der Waals surface area contributed by atoms with Crippen molar-refractivity contribution in [1.29, 1.82) is 0 Å². The lowest BCUT2D eigenvalue weighted by molar-refractivity contribution is -0.384. The molecular formula is C17H10Cl2N2O4. The number of furan rings is 1. The van der Waals surface area contributed by atoms with Crippen molar-refractivity contribution in [3.8, 4) is 11.3 Å². The number of benzene rings is 2. The third-order valence-electron chi connectivity index (χ3n) is 3.38. The number of hydrogen-bond acceptors (Lipinski definition) is 4. The molecule has 8 heteroatoms. The van der Waals surface area contributed by atoms with Crippen LogP contribution in [0.25, 0.3) is 11.3 Å². The van der Waals surface area contributed by atoms with Crippen LogP contribution < -0.4 is 5.32 Å². The van der Waals surface area contributed by atoms with Crippen LogP contribution >= 0.6 is 23.2 Å². The highest BCUT2D eigenvalue weighted by Crippen LogP contribution is 2.34. The Hall–Kier alpha value is -2.83. The van der Waals surface area contributed by atoms with Crippen molar-refractivity contribution in [3.63, 3.8) is 0 Å². The molecule has 1 N–H and O–H groups in total. The van der Waals surface area contributed by atoms with Gasteiger partial charge in [0, 0.05) is 23.4 Å². The molecule has 0 radical (unpaired) electrons. The molecule has 1 heterocycles. The predicted octanol–water partition coefficient (Wildman–Crippen LogP) is 5.41. The van der Waals surface area contributed by atoms with Gasteiger partial charge in [-0.05, 0) is 36.4 Å². The minimum atomic E-state index is -0.515. The van der Waals surface area contributed by atoms with Crippen LogP contribution in [0.2, 0.25) is 10.0 Å². The summed E-state index contributed by atoms with van der Waals surface area (Å²) in [5.41, 5.74) is 0.923. The zero-order chi connectivity index (χ0) is 18.0. The van der Waals surface area contributed by atoms with E-state index in [1.165, 1.54) is 30.3 Å².